The molecule has 24 heavy (non-hydrogen) atoms. The van der Waals surface area contributed by atoms with Gasteiger partial charge >= 0.3 is 6.03 Å². The Hall–Kier alpha value is -0.890. The van der Waals surface area contributed by atoms with E-state index in [4.69, 9.17) is 14.6 Å². The van der Waals surface area contributed by atoms with Crippen LogP contribution >= 0.6 is 0 Å². The number of rotatable bonds is 7. The summed E-state index contributed by atoms with van der Waals surface area (Å²) in [7, 11) is 0. The molecule has 0 aromatic carbocycles. The Bertz CT molecular complexity index is 424. The van der Waals surface area contributed by atoms with Crippen LogP contribution in [0.15, 0.2) is 0 Å². The number of ether oxygens (including phenoxy) is 2. The van der Waals surface area contributed by atoms with Crippen molar-refractivity contribution in [2.75, 3.05) is 39.5 Å². The number of likely N-dealkylation sites (tertiary alicyclic amines) is 1. The summed E-state index contributed by atoms with van der Waals surface area (Å²) >= 11 is 0. The van der Waals surface area contributed by atoms with Gasteiger partial charge in [-0.2, -0.15) is 0 Å². The van der Waals surface area contributed by atoms with Crippen molar-refractivity contribution >= 4 is 6.03 Å². The Morgan fingerprint density at radius 1 is 1.38 bits per heavy atom. The van der Waals surface area contributed by atoms with E-state index in [1.165, 1.54) is 12.8 Å². The van der Waals surface area contributed by atoms with E-state index in [0.29, 0.717) is 32.4 Å². The highest BCUT2D eigenvalue weighted by molar-refractivity contribution is 5.74. The quantitative estimate of drug-likeness (QED) is 0.627. The molecule has 138 valence electrons. The van der Waals surface area contributed by atoms with Gasteiger partial charge in [0.2, 0.25) is 0 Å². The van der Waals surface area contributed by atoms with Gasteiger partial charge in [-0.1, -0.05) is 0 Å². The SMILES string of the molecule is CC1CC(NC(=O)NCC2(OCCO)CCOCC2)CN1C1CC1. The Labute approximate surface area is 144 Å². The molecule has 3 aliphatic rings. The van der Waals surface area contributed by atoms with Crippen LogP contribution in [0.1, 0.15) is 39.0 Å². The third-order valence-electron chi connectivity index (χ3n) is 5.45. The van der Waals surface area contributed by atoms with Crippen LogP contribution in [0.2, 0.25) is 0 Å². The highest BCUT2D eigenvalue weighted by atomic mass is 16.5. The van der Waals surface area contributed by atoms with Crippen molar-refractivity contribution in [2.45, 2.75) is 62.8 Å². The van der Waals surface area contributed by atoms with Gasteiger partial charge in [-0.05, 0) is 26.2 Å². The van der Waals surface area contributed by atoms with E-state index in [1.54, 1.807) is 0 Å². The van der Waals surface area contributed by atoms with Crippen LogP contribution in [0, 0.1) is 0 Å². The van der Waals surface area contributed by atoms with Crippen LogP contribution in [0.3, 0.4) is 0 Å². The molecule has 1 aliphatic carbocycles. The summed E-state index contributed by atoms with van der Waals surface area (Å²) in [5, 5.41) is 15.1. The monoisotopic (exact) mass is 341 g/mol. The van der Waals surface area contributed by atoms with Gasteiger partial charge in [-0.15, -0.1) is 0 Å². The van der Waals surface area contributed by atoms with Crippen molar-refractivity contribution in [2.24, 2.45) is 0 Å². The van der Waals surface area contributed by atoms with Gasteiger partial charge in [0.25, 0.3) is 0 Å². The number of amides is 2. The van der Waals surface area contributed by atoms with Crippen molar-refractivity contribution < 1.29 is 19.4 Å². The maximum absolute atomic E-state index is 12.3. The molecule has 0 radical (unpaired) electrons. The van der Waals surface area contributed by atoms with E-state index in [-0.39, 0.29) is 18.7 Å². The number of hydrogen-bond acceptors (Lipinski definition) is 5. The minimum atomic E-state index is -0.415. The molecule has 2 atom stereocenters. The predicted molar refractivity (Wildman–Crippen MR) is 90.0 cm³/mol. The number of aliphatic hydroxyl groups excluding tert-OH is 1. The first-order chi connectivity index (χ1) is 11.6. The Balaban J connectivity index is 1.43. The van der Waals surface area contributed by atoms with E-state index < -0.39 is 5.60 Å². The van der Waals surface area contributed by atoms with Gasteiger partial charge in [0.15, 0.2) is 0 Å². The van der Waals surface area contributed by atoms with Gasteiger partial charge in [-0.25, -0.2) is 4.79 Å². The summed E-state index contributed by atoms with van der Waals surface area (Å²) in [5.41, 5.74) is -0.415. The van der Waals surface area contributed by atoms with E-state index in [0.717, 1.165) is 31.8 Å². The molecule has 3 rings (SSSR count). The Kier molecular flexibility index (Phi) is 5.97. The van der Waals surface area contributed by atoms with Gasteiger partial charge in [0, 0.05) is 57.3 Å². The second-order valence-electron chi connectivity index (χ2n) is 7.40. The number of urea groups is 1. The van der Waals surface area contributed by atoms with E-state index in [1.807, 2.05) is 0 Å². The summed E-state index contributed by atoms with van der Waals surface area (Å²) in [6, 6.07) is 1.40. The van der Waals surface area contributed by atoms with Crippen molar-refractivity contribution in [3.63, 3.8) is 0 Å². The zero-order chi connectivity index (χ0) is 17.0. The lowest BCUT2D eigenvalue weighted by atomic mass is 9.94. The number of nitrogens with zero attached hydrogens (tertiary/aromatic N) is 1. The molecule has 3 N–H and O–H groups in total. The zero-order valence-corrected chi connectivity index (χ0v) is 14.6. The molecule has 2 saturated heterocycles. The molecule has 7 heteroatoms. The molecule has 3 fully saturated rings. The zero-order valence-electron chi connectivity index (χ0n) is 14.6. The highest BCUT2D eigenvalue weighted by Gasteiger charge is 2.39. The normalized spacial score (nSPS) is 30.2. The second kappa shape index (κ2) is 7.99. The second-order valence-corrected chi connectivity index (χ2v) is 7.40. The molecular weight excluding hydrogens is 310 g/mol. The predicted octanol–water partition coefficient (Wildman–Crippen LogP) is 0.469. The fraction of sp³-hybridized carbons (Fsp3) is 0.941. The molecular formula is C17H31N3O4. The maximum atomic E-state index is 12.3. The summed E-state index contributed by atoms with van der Waals surface area (Å²) in [6.45, 7) is 5.20. The average Bonchev–Trinajstić information content (AvgIpc) is 3.36. The third-order valence-corrected chi connectivity index (χ3v) is 5.45. The minimum absolute atomic E-state index is 0.00817. The fourth-order valence-electron chi connectivity index (χ4n) is 3.93. The standard InChI is InChI=1S/C17H31N3O4/c1-13-10-14(11-20(13)15-2-3-15)19-16(22)18-12-17(24-9-6-21)4-7-23-8-5-17/h13-15,21H,2-12H2,1H3,(H2,18,19,22). The van der Waals surface area contributed by atoms with Crippen LogP contribution < -0.4 is 10.6 Å². The molecule has 0 bridgehead atoms. The first-order valence-corrected chi connectivity index (χ1v) is 9.24. The van der Waals surface area contributed by atoms with Crippen LogP contribution in [0.25, 0.3) is 0 Å². The molecule has 2 amide bonds. The van der Waals surface area contributed by atoms with Gasteiger partial charge in [-0.3, -0.25) is 4.90 Å². The van der Waals surface area contributed by atoms with Gasteiger partial charge < -0.3 is 25.2 Å². The van der Waals surface area contributed by atoms with E-state index in [2.05, 4.69) is 22.5 Å². The van der Waals surface area contributed by atoms with Gasteiger partial charge in [0.05, 0.1) is 18.8 Å². The number of aliphatic hydroxyl groups is 1. The van der Waals surface area contributed by atoms with Crippen LogP contribution in [0.5, 0.6) is 0 Å². The van der Waals surface area contributed by atoms with E-state index >= 15 is 0 Å². The van der Waals surface area contributed by atoms with Gasteiger partial charge in [0.1, 0.15) is 0 Å². The third kappa shape index (κ3) is 4.59. The lowest BCUT2D eigenvalue weighted by Gasteiger charge is -2.37. The van der Waals surface area contributed by atoms with Crippen molar-refractivity contribution in [1.82, 2.24) is 15.5 Å². The lowest BCUT2D eigenvalue weighted by molar-refractivity contribution is -0.114. The molecule has 2 unspecified atom stereocenters. The van der Waals surface area contributed by atoms with Crippen LogP contribution in [-0.2, 0) is 9.47 Å². The number of carbonyl (C=O) groups excluding carboxylic acids is 1. The van der Waals surface area contributed by atoms with Crippen molar-refractivity contribution in [3.05, 3.63) is 0 Å². The van der Waals surface area contributed by atoms with E-state index in [9.17, 15) is 4.79 Å². The number of carbonyl (C=O) groups is 1. The van der Waals surface area contributed by atoms with Crippen LogP contribution in [-0.4, -0.2) is 79.3 Å². The topological polar surface area (TPSA) is 83.1 Å². The molecule has 0 aromatic heterocycles. The first kappa shape index (κ1) is 17.9. The fourth-order valence-corrected chi connectivity index (χ4v) is 3.93. The Morgan fingerprint density at radius 2 is 2.12 bits per heavy atom. The lowest BCUT2D eigenvalue weighted by Crippen LogP contribution is -2.52. The molecule has 0 spiro atoms. The summed E-state index contributed by atoms with van der Waals surface area (Å²) in [4.78, 5) is 14.8. The maximum Gasteiger partial charge on any atom is 0.315 e. The highest BCUT2D eigenvalue weighted by Crippen LogP contribution is 2.33. The minimum Gasteiger partial charge on any atom is -0.394 e. The number of nitrogens with one attached hydrogen (secondary N) is 2. The molecule has 7 nitrogen and oxygen atoms in total. The summed E-state index contributed by atoms with van der Waals surface area (Å²) in [5.74, 6) is 0. The van der Waals surface area contributed by atoms with Crippen LogP contribution in [0.4, 0.5) is 4.79 Å². The van der Waals surface area contributed by atoms with Crippen molar-refractivity contribution in [3.8, 4) is 0 Å². The molecule has 0 aromatic rings. The Morgan fingerprint density at radius 3 is 2.79 bits per heavy atom. The average molecular weight is 341 g/mol. The summed E-state index contributed by atoms with van der Waals surface area (Å²) in [6.07, 6.45) is 5.10. The molecule has 1 saturated carbocycles. The smallest absolute Gasteiger partial charge is 0.315 e. The summed E-state index contributed by atoms with van der Waals surface area (Å²) < 4.78 is 11.2. The molecule has 2 heterocycles. The number of hydrogen-bond donors (Lipinski definition) is 3. The largest absolute Gasteiger partial charge is 0.394 e. The molecule has 2 aliphatic heterocycles. The van der Waals surface area contributed by atoms with Crippen molar-refractivity contribution in [1.29, 1.82) is 0 Å². The first-order valence-electron chi connectivity index (χ1n) is 9.24.